The van der Waals surface area contributed by atoms with E-state index in [1.807, 2.05) is 49.1 Å². The van der Waals surface area contributed by atoms with Gasteiger partial charge in [0.2, 0.25) is 5.91 Å². The Labute approximate surface area is 256 Å². The van der Waals surface area contributed by atoms with E-state index in [-0.39, 0.29) is 41.4 Å². The van der Waals surface area contributed by atoms with Gasteiger partial charge >= 0.3 is 6.09 Å². The van der Waals surface area contributed by atoms with Crippen molar-refractivity contribution in [2.24, 2.45) is 5.92 Å². The number of rotatable bonds is 7. The number of anilines is 1. The number of carbonyl (C=O) groups is 3. The number of benzene rings is 2. The van der Waals surface area contributed by atoms with E-state index in [9.17, 15) is 18.8 Å². The smallest absolute Gasteiger partial charge is 0.410 e. The highest BCUT2D eigenvalue weighted by Gasteiger charge is 2.44. The number of hydrogen-bond acceptors (Lipinski definition) is 6. The Bertz CT molecular complexity index is 1440. The summed E-state index contributed by atoms with van der Waals surface area (Å²) in [6.07, 6.45) is 2.42. The number of hydrogen-bond donors (Lipinski definition) is 0. The summed E-state index contributed by atoms with van der Waals surface area (Å²) in [5.74, 6) is 0.404. The molecule has 1 unspecified atom stereocenters. The number of carbonyl (C=O) groups excluding carboxylic acids is 3. The van der Waals surface area contributed by atoms with Gasteiger partial charge in [0.1, 0.15) is 17.4 Å². The van der Waals surface area contributed by atoms with Crippen LogP contribution in [0.5, 0.6) is 5.75 Å². The monoisotopic (exact) mass is 606 g/mol. The molecule has 0 saturated carbocycles. The number of amides is 2. The summed E-state index contributed by atoms with van der Waals surface area (Å²) in [5, 5.41) is 0.611. The Morgan fingerprint density at radius 2 is 1.65 bits per heavy atom. The lowest BCUT2D eigenvalue weighted by atomic mass is 9.92. The molecule has 2 amide bonds. The first kappa shape index (κ1) is 30.5. The second-order valence-electron chi connectivity index (χ2n) is 11.5. The van der Waals surface area contributed by atoms with Gasteiger partial charge in [0, 0.05) is 60.8 Å². The van der Waals surface area contributed by atoms with E-state index in [1.165, 1.54) is 31.2 Å². The summed E-state index contributed by atoms with van der Waals surface area (Å²) in [7, 11) is 0. The highest BCUT2D eigenvalue weighted by molar-refractivity contribution is 6.30. The second-order valence-corrected chi connectivity index (χ2v) is 12.0. The molecule has 5 rings (SSSR count). The van der Waals surface area contributed by atoms with Crippen LogP contribution in [0.15, 0.2) is 66.9 Å². The van der Waals surface area contributed by atoms with Crippen LogP contribution < -0.4 is 9.64 Å². The number of ketones is 1. The van der Waals surface area contributed by atoms with Gasteiger partial charge in [-0.3, -0.25) is 14.5 Å². The van der Waals surface area contributed by atoms with Crippen molar-refractivity contribution in [1.29, 1.82) is 0 Å². The largest absolute Gasteiger partial charge is 0.415 e. The van der Waals surface area contributed by atoms with Crippen LogP contribution in [-0.4, -0.2) is 70.8 Å². The average molecular weight is 607 g/mol. The lowest BCUT2D eigenvalue weighted by Gasteiger charge is -2.35. The van der Waals surface area contributed by atoms with Crippen molar-refractivity contribution >= 4 is 35.2 Å². The first-order valence-corrected chi connectivity index (χ1v) is 15.0. The molecule has 0 spiro atoms. The topological polar surface area (TPSA) is 83.1 Å². The van der Waals surface area contributed by atoms with E-state index < -0.39 is 11.9 Å². The van der Waals surface area contributed by atoms with Crippen LogP contribution in [0.2, 0.25) is 5.02 Å². The van der Waals surface area contributed by atoms with Crippen LogP contribution in [0.25, 0.3) is 0 Å². The summed E-state index contributed by atoms with van der Waals surface area (Å²) in [6, 6.07) is 16.0. The maximum atomic E-state index is 13.9. The number of piperidine rings is 1. The van der Waals surface area contributed by atoms with Crippen molar-refractivity contribution < 1.29 is 23.5 Å². The van der Waals surface area contributed by atoms with Gasteiger partial charge in [-0.15, -0.1) is 0 Å². The van der Waals surface area contributed by atoms with Crippen molar-refractivity contribution in [2.45, 2.75) is 51.6 Å². The Morgan fingerprint density at radius 1 is 0.977 bits per heavy atom. The zero-order chi connectivity index (χ0) is 30.7. The number of likely N-dealkylation sites (tertiary alicyclic amines) is 1. The van der Waals surface area contributed by atoms with Crippen molar-refractivity contribution in [1.82, 2.24) is 14.8 Å². The first-order valence-electron chi connectivity index (χ1n) is 14.6. The van der Waals surface area contributed by atoms with E-state index in [0.717, 1.165) is 11.4 Å². The molecule has 3 aromatic rings. The summed E-state index contributed by atoms with van der Waals surface area (Å²) >= 11 is 6.18. The van der Waals surface area contributed by atoms with Crippen molar-refractivity contribution in [3.63, 3.8) is 0 Å². The van der Waals surface area contributed by atoms with E-state index in [4.69, 9.17) is 16.3 Å². The third-order valence-electron chi connectivity index (χ3n) is 8.36. The zero-order valence-corrected chi connectivity index (χ0v) is 25.3. The van der Waals surface area contributed by atoms with Gasteiger partial charge in [-0.05, 0) is 87.7 Å². The predicted octanol–water partition coefficient (Wildman–Crippen LogP) is 6.20. The molecule has 2 fully saturated rings. The normalized spacial score (nSPS) is 19.0. The standard InChI is InChI=1S/C33H36ClFN4O4/c1-21(2)39(33(42)43-28-11-9-27(35)10-12-28)30-20-38(19-29(30)23-4-7-26(34)8-5-23)32(41)24-14-16-37(17-15-24)31-13-6-25(18-36-31)22(3)40/h4-13,18,21,24,29-30H,14-17,19-20H2,1-3H3/t29?,30-/m1/s1. The minimum Gasteiger partial charge on any atom is -0.410 e. The fourth-order valence-electron chi connectivity index (χ4n) is 6.07. The van der Waals surface area contributed by atoms with E-state index in [0.29, 0.717) is 49.6 Å². The van der Waals surface area contributed by atoms with E-state index in [1.54, 1.807) is 17.2 Å². The van der Waals surface area contributed by atoms with Crippen LogP contribution in [-0.2, 0) is 4.79 Å². The predicted molar refractivity (Wildman–Crippen MR) is 163 cm³/mol. The molecular formula is C33H36ClFN4O4. The van der Waals surface area contributed by atoms with Gasteiger partial charge < -0.3 is 14.5 Å². The molecule has 1 aromatic heterocycles. The lowest BCUT2D eigenvalue weighted by molar-refractivity contribution is -0.135. The Kier molecular flexibility index (Phi) is 9.30. The van der Waals surface area contributed by atoms with Crippen LogP contribution in [0, 0.1) is 11.7 Å². The SMILES string of the molecule is CC(=O)c1ccc(N2CCC(C(=O)N3CC(c4ccc(Cl)cc4)[C@H](N(C(=O)Oc4ccc(F)cc4)C(C)C)C3)CC2)nc1. The zero-order valence-electron chi connectivity index (χ0n) is 24.6. The van der Waals surface area contributed by atoms with Crippen LogP contribution in [0.4, 0.5) is 15.0 Å². The molecule has 0 bridgehead atoms. The minimum atomic E-state index is -0.545. The number of nitrogens with zero attached hydrogens (tertiary/aromatic N) is 4. The molecular weight excluding hydrogens is 571 g/mol. The minimum absolute atomic E-state index is 0.0241. The molecule has 43 heavy (non-hydrogen) atoms. The van der Waals surface area contributed by atoms with Gasteiger partial charge in [0.15, 0.2) is 5.78 Å². The van der Waals surface area contributed by atoms with Gasteiger partial charge in [-0.1, -0.05) is 23.7 Å². The molecule has 226 valence electrons. The number of aromatic nitrogens is 1. The number of ether oxygens (including phenoxy) is 1. The molecule has 2 saturated heterocycles. The number of pyridine rings is 1. The highest BCUT2D eigenvalue weighted by atomic mass is 35.5. The first-order chi connectivity index (χ1) is 20.6. The maximum Gasteiger partial charge on any atom is 0.415 e. The maximum absolute atomic E-state index is 13.9. The number of halogens is 2. The van der Waals surface area contributed by atoms with Gasteiger partial charge in [0.25, 0.3) is 0 Å². The average Bonchev–Trinajstić information content (AvgIpc) is 3.43. The molecule has 10 heteroatoms. The third kappa shape index (κ3) is 6.99. The van der Waals surface area contributed by atoms with E-state index >= 15 is 0 Å². The molecule has 3 heterocycles. The van der Waals surface area contributed by atoms with Crippen LogP contribution in [0.3, 0.4) is 0 Å². The molecule has 0 radical (unpaired) electrons. The van der Waals surface area contributed by atoms with Crippen LogP contribution in [0.1, 0.15) is 55.5 Å². The molecule has 8 nitrogen and oxygen atoms in total. The van der Waals surface area contributed by atoms with Gasteiger partial charge in [-0.25, -0.2) is 14.2 Å². The highest BCUT2D eigenvalue weighted by Crippen LogP contribution is 2.35. The Balaban J connectivity index is 1.31. The lowest BCUT2D eigenvalue weighted by Crippen LogP contribution is -2.50. The molecule has 2 aromatic carbocycles. The van der Waals surface area contributed by atoms with Crippen molar-refractivity contribution in [3.8, 4) is 5.75 Å². The Hall–Kier alpha value is -3.98. The summed E-state index contributed by atoms with van der Waals surface area (Å²) < 4.78 is 19.1. The fourth-order valence-corrected chi connectivity index (χ4v) is 6.19. The molecule has 2 aliphatic rings. The molecule has 0 aliphatic carbocycles. The van der Waals surface area contributed by atoms with Gasteiger partial charge in [-0.2, -0.15) is 0 Å². The van der Waals surface area contributed by atoms with Crippen molar-refractivity contribution in [2.75, 3.05) is 31.1 Å². The second kappa shape index (κ2) is 13.1. The number of Topliss-reactive ketones (excluding diaryl/α,β-unsaturated/α-hetero) is 1. The van der Waals surface area contributed by atoms with Gasteiger partial charge in [0.05, 0.1) is 6.04 Å². The summed E-state index contributed by atoms with van der Waals surface area (Å²) in [5.41, 5.74) is 1.56. The molecule has 0 N–H and O–H groups in total. The van der Waals surface area contributed by atoms with Crippen LogP contribution >= 0.6 is 11.6 Å². The third-order valence-corrected chi connectivity index (χ3v) is 8.62. The summed E-state index contributed by atoms with van der Waals surface area (Å²) in [6.45, 7) is 7.56. The fraction of sp³-hybridized carbons (Fsp3) is 0.394. The summed E-state index contributed by atoms with van der Waals surface area (Å²) in [4.78, 5) is 49.2. The van der Waals surface area contributed by atoms with Crippen molar-refractivity contribution in [3.05, 3.63) is 88.8 Å². The Morgan fingerprint density at radius 3 is 2.23 bits per heavy atom. The molecule has 2 aliphatic heterocycles. The quantitative estimate of drug-likeness (QED) is 0.298. The van der Waals surface area contributed by atoms with E-state index in [2.05, 4.69) is 9.88 Å². The molecule has 2 atom stereocenters.